The monoisotopic (exact) mass is 518 g/mol. The highest BCUT2D eigenvalue weighted by atomic mass is 127. The van der Waals surface area contributed by atoms with Crippen molar-refractivity contribution in [2.75, 3.05) is 33.4 Å². The summed E-state index contributed by atoms with van der Waals surface area (Å²) >= 11 is 0. The van der Waals surface area contributed by atoms with Crippen LogP contribution < -0.4 is 15.4 Å². The van der Waals surface area contributed by atoms with Crippen LogP contribution in [-0.2, 0) is 16.9 Å². The van der Waals surface area contributed by atoms with Crippen molar-refractivity contribution in [2.45, 2.75) is 32.9 Å². The molecule has 0 aromatic carbocycles. The predicted molar refractivity (Wildman–Crippen MR) is 123 cm³/mol. The number of ether oxygens (including phenoxy) is 2. The summed E-state index contributed by atoms with van der Waals surface area (Å²) in [5.41, 5.74) is -0.295. The molecule has 0 aliphatic rings. The van der Waals surface area contributed by atoms with Crippen LogP contribution in [0.25, 0.3) is 0 Å². The van der Waals surface area contributed by atoms with Gasteiger partial charge in [0.05, 0.1) is 19.7 Å². The number of aliphatic imine (C=N–C) groups is 1. The topological polar surface area (TPSA) is 101 Å². The first-order valence-electron chi connectivity index (χ1n) is 9.33. The summed E-state index contributed by atoms with van der Waals surface area (Å²) in [6.07, 6.45) is 1.68. The molecular formula is C20H31IN4O4. The number of aryl methyl sites for hydroxylation is 1. The van der Waals surface area contributed by atoms with Gasteiger partial charge in [0, 0.05) is 25.4 Å². The molecule has 2 aromatic rings. The van der Waals surface area contributed by atoms with Gasteiger partial charge in [-0.25, -0.2) is 9.98 Å². The molecule has 2 rings (SSSR count). The minimum atomic E-state index is -1.16. The number of nitrogens with zero attached hydrogens (tertiary/aromatic N) is 2. The molecule has 0 spiro atoms. The third-order valence-electron chi connectivity index (χ3n) is 4.00. The summed E-state index contributed by atoms with van der Waals surface area (Å²) in [4.78, 5) is 8.84. The normalized spacial score (nSPS) is 13.3. The second kappa shape index (κ2) is 12.7. The van der Waals surface area contributed by atoms with Gasteiger partial charge >= 0.3 is 0 Å². The Balaban J connectivity index is 0.00000420. The molecule has 2 aromatic heterocycles. The van der Waals surface area contributed by atoms with Gasteiger partial charge in [0.2, 0.25) is 5.88 Å². The molecule has 0 saturated carbocycles. The number of hydrogen-bond acceptors (Lipinski definition) is 6. The quantitative estimate of drug-likeness (QED) is 0.192. The molecule has 0 radical (unpaired) electrons. The van der Waals surface area contributed by atoms with Gasteiger partial charge in [-0.2, -0.15) is 0 Å². The van der Waals surface area contributed by atoms with E-state index in [1.165, 1.54) is 0 Å². The molecule has 0 saturated heterocycles. The Morgan fingerprint density at radius 3 is 2.72 bits per heavy atom. The zero-order valence-corrected chi connectivity index (χ0v) is 19.7. The average Bonchev–Trinajstić information content (AvgIpc) is 3.12. The predicted octanol–water partition coefficient (Wildman–Crippen LogP) is 2.59. The lowest BCUT2D eigenvalue weighted by atomic mass is 10.0. The van der Waals surface area contributed by atoms with E-state index in [9.17, 15) is 5.11 Å². The smallest absolute Gasteiger partial charge is 0.218 e. The van der Waals surface area contributed by atoms with E-state index in [0.29, 0.717) is 43.9 Å². The minimum Gasteiger partial charge on any atom is -0.475 e. The summed E-state index contributed by atoms with van der Waals surface area (Å²) < 4.78 is 16.2. The summed E-state index contributed by atoms with van der Waals surface area (Å²) in [6, 6.07) is 7.37. The van der Waals surface area contributed by atoms with Gasteiger partial charge in [-0.05, 0) is 39.0 Å². The van der Waals surface area contributed by atoms with Crippen molar-refractivity contribution in [3.05, 3.63) is 47.5 Å². The summed E-state index contributed by atoms with van der Waals surface area (Å²) in [6.45, 7) is 7.76. The van der Waals surface area contributed by atoms with Crippen LogP contribution in [0.4, 0.5) is 0 Å². The van der Waals surface area contributed by atoms with E-state index in [1.807, 2.05) is 32.0 Å². The zero-order chi connectivity index (χ0) is 20.4. The highest BCUT2D eigenvalue weighted by Crippen LogP contribution is 2.22. The van der Waals surface area contributed by atoms with Crippen molar-refractivity contribution < 1.29 is 19.0 Å². The number of aromatic nitrogens is 1. The Morgan fingerprint density at radius 1 is 1.28 bits per heavy atom. The SMILES string of the molecule is CCNC(=NCc1cccnc1OCCOC)NCC(C)(O)c1ccc(C)o1.I. The molecule has 9 heteroatoms. The standard InChI is InChI=1S/C20H30N4O4.HI/c1-5-21-19(24-14-20(3,25)17-9-8-15(2)28-17)23-13-16-7-6-10-22-18(16)27-12-11-26-4;/h6-10,25H,5,11-14H2,1-4H3,(H2,21,23,24);1H. The van der Waals surface area contributed by atoms with Crippen LogP contribution in [0.3, 0.4) is 0 Å². The van der Waals surface area contributed by atoms with Crippen molar-refractivity contribution >= 4 is 29.9 Å². The van der Waals surface area contributed by atoms with Crippen LogP contribution in [-0.4, -0.2) is 49.5 Å². The van der Waals surface area contributed by atoms with E-state index in [0.717, 1.165) is 11.3 Å². The molecule has 0 amide bonds. The second-order valence-corrected chi connectivity index (χ2v) is 6.54. The molecule has 1 atom stereocenters. The van der Waals surface area contributed by atoms with Crippen molar-refractivity contribution in [2.24, 2.45) is 4.99 Å². The number of pyridine rings is 1. The molecule has 162 valence electrons. The number of aliphatic hydroxyl groups is 1. The zero-order valence-electron chi connectivity index (χ0n) is 17.4. The van der Waals surface area contributed by atoms with E-state index in [2.05, 4.69) is 20.6 Å². The van der Waals surface area contributed by atoms with E-state index in [4.69, 9.17) is 13.9 Å². The first-order chi connectivity index (χ1) is 13.5. The Labute approximate surface area is 189 Å². The second-order valence-electron chi connectivity index (χ2n) is 6.54. The van der Waals surface area contributed by atoms with Gasteiger partial charge in [-0.15, -0.1) is 24.0 Å². The van der Waals surface area contributed by atoms with Gasteiger partial charge in [-0.1, -0.05) is 6.07 Å². The molecule has 0 fully saturated rings. The Kier molecular flexibility index (Phi) is 11.0. The Bertz CT molecular complexity index is 764. The highest BCUT2D eigenvalue weighted by Gasteiger charge is 2.27. The lowest BCUT2D eigenvalue weighted by Gasteiger charge is -2.23. The van der Waals surface area contributed by atoms with Crippen LogP contribution in [0.2, 0.25) is 0 Å². The Hall–Kier alpha value is -1.85. The van der Waals surface area contributed by atoms with Gasteiger partial charge in [0.1, 0.15) is 23.7 Å². The van der Waals surface area contributed by atoms with Crippen LogP contribution >= 0.6 is 24.0 Å². The molecular weight excluding hydrogens is 487 g/mol. The molecule has 0 aliphatic carbocycles. The summed E-state index contributed by atoms with van der Waals surface area (Å²) in [5, 5.41) is 17.0. The molecule has 0 bridgehead atoms. The van der Waals surface area contributed by atoms with Gasteiger partial charge < -0.3 is 29.6 Å². The lowest BCUT2D eigenvalue weighted by molar-refractivity contribution is 0.0378. The third-order valence-corrected chi connectivity index (χ3v) is 4.00. The molecule has 0 aliphatic heterocycles. The molecule has 8 nitrogen and oxygen atoms in total. The van der Waals surface area contributed by atoms with E-state index in [1.54, 1.807) is 26.3 Å². The molecule has 29 heavy (non-hydrogen) atoms. The van der Waals surface area contributed by atoms with Crippen LogP contribution in [0.1, 0.15) is 30.9 Å². The van der Waals surface area contributed by atoms with Crippen LogP contribution in [0.15, 0.2) is 39.9 Å². The molecule has 3 N–H and O–H groups in total. The molecule has 2 heterocycles. The highest BCUT2D eigenvalue weighted by molar-refractivity contribution is 14.0. The number of nitrogens with one attached hydrogen (secondary N) is 2. The minimum absolute atomic E-state index is 0. The number of halogens is 1. The van der Waals surface area contributed by atoms with E-state index >= 15 is 0 Å². The van der Waals surface area contributed by atoms with Crippen molar-refractivity contribution in [1.29, 1.82) is 0 Å². The number of guanidine groups is 1. The Morgan fingerprint density at radius 2 is 2.07 bits per heavy atom. The van der Waals surface area contributed by atoms with E-state index in [-0.39, 0.29) is 30.5 Å². The van der Waals surface area contributed by atoms with Gasteiger partial charge in [0.15, 0.2) is 5.96 Å². The van der Waals surface area contributed by atoms with Crippen molar-refractivity contribution in [1.82, 2.24) is 15.6 Å². The first-order valence-corrected chi connectivity index (χ1v) is 9.33. The van der Waals surface area contributed by atoms with Crippen molar-refractivity contribution in [3.8, 4) is 5.88 Å². The lowest BCUT2D eigenvalue weighted by Crippen LogP contribution is -2.44. The maximum Gasteiger partial charge on any atom is 0.218 e. The number of rotatable bonds is 10. The van der Waals surface area contributed by atoms with Crippen LogP contribution in [0, 0.1) is 6.92 Å². The van der Waals surface area contributed by atoms with Crippen LogP contribution in [0.5, 0.6) is 5.88 Å². The summed E-state index contributed by atoms with van der Waals surface area (Å²) in [5.74, 6) is 2.39. The van der Waals surface area contributed by atoms with Gasteiger partial charge in [-0.3, -0.25) is 0 Å². The molecule has 1 unspecified atom stereocenters. The maximum atomic E-state index is 10.7. The summed E-state index contributed by atoms with van der Waals surface area (Å²) in [7, 11) is 1.63. The number of methoxy groups -OCH3 is 1. The van der Waals surface area contributed by atoms with E-state index < -0.39 is 5.60 Å². The average molecular weight is 518 g/mol. The number of hydrogen-bond donors (Lipinski definition) is 3. The fourth-order valence-electron chi connectivity index (χ4n) is 2.47. The maximum absolute atomic E-state index is 10.7. The van der Waals surface area contributed by atoms with Gasteiger partial charge in [0.25, 0.3) is 0 Å². The largest absolute Gasteiger partial charge is 0.475 e. The fraction of sp³-hybridized carbons (Fsp3) is 0.500. The van der Waals surface area contributed by atoms with Crippen molar-refractivity contribution in [3.63, 3.8) is 0 Å². The third kappa shape index (κ3) is 8.19. The number of furan rings is 1. The first kappa shape index (κ1) is 25.2. The fourth-order valence-corrected chi connectivity index (χ4v) is 2.47.